The molecule has 11 rings (SSSR count). The van der Waals surface area contributed by atoms with Crippen molar-refractivity contribution in [2.45, 2.75) is 0 Å². The number of benzene rings is 9. The Hall–Kier alpha value is -6.84. The first-order chi connectivity index (χ1) is 25.3. The van der Waals surface area contributed by atoms with Crippen molar-refractivity contribution in [3.63, 3.8) is 0 Å². The highest BCUT2D eigenvalue weighted by atomic mass is 16.3. The highest BCUT2D eigenvalue weighted by Crippen LogP contribution is 2.48. The van der Waals surface area contributed by atoms with Gasteiger partial charge in [-0.05, 0) is 87.6 Å². The first-order valence-electron chi connectivity index (χ1n) is 17.4. The van der Waals surface area contributed by atoms with E-state index in [0.717, 1.165) is 44.7 Å². The van der Waals surface area contributed by atoms with E-state index in [1.54, 1.807) is 0 Å². The second kappa shape index (κ2) is 10.8. The van der Waals surface area contributed by atoms with E-state index in [1.165, 1.54) is 54.1 Å². The number of furan rings is 1. The van der Waals surface area contributed by atoms with Crippen LogP contribution in [0.1, 0.15) is 0 Å². The van der Waals surface area contributed by atoms with E-state index in [-0.39, 0.29) is 0 Å². The van der Waals surface area contributed by atoms with Gasteiger partial charge >= 0.3 is 0 Å². The quantitative estimate of drug-likeness (QED) is 0.177. The number of para-hydroxylation sites is 3. The molecule has 0 fully saturated rings. The lowest BCUT2D eigenvalue weighted by Gasteiger charge is -2.28. The van der Waals surface area contributed by atoms with Crippen LogP contribution in [0.4, 0.5) is 17.1 Å². The summed E-state index contributed by atoms with van der Waals surface area (Å²) in [6.45, 7) is 0. The third kappa shape index (κ3) is 4.12. The predicted molar refractivity (Wildman–Crippen MR) is 215 cm³/mol. The monoisotopic (exact) mass is 650 g/mol. The Morgan fingerprint density at radius 1 is 0.373 bits per heavy atom. The molecule has 0 spiro atoms. The molecule has 3 heteroatoms. The third-order valence-electron chi connectivity index (χ3n) is 10.5. The van der Waals surface area contributed by atoms with Crippen LogP contribution in [0.15, 0.2) is 186 Å². The number of aromatic nitrogens is 1. The summed E-state index contributed by atoms with van der Waals surface area (Å²) >= 11 is 0. The molecule has 51 heavy (non-hydrogen) atoms. The molecule has 238 valence electrons. The van der Waals surface area contributed by atoms with Crippen LogP contribution in [0.3, 0.4) is 0 Å². The molecule has 2 aromatic heterocycles. The first-order valence-corrected chi connectivity index (χ1v) is 17.4. The SMILES string of the molecule is c1ccc(-n2c3ccccc3c3cc(N(c4cc5ccc6ccccc6c5c5ccccc45)c4cccc5oc6ccccc6c45)ccc32)cc1. The van der Waals surface area contributed by atoms with Crippen LogP contribution in [0.25, 0.3) is 81.7 Å². The fourth-order valence-electron chi connectivity index (χ4n) is 8.35. The van der Waals surface area contributed by atoms with Gasteiger partial charge in [-0.15, -0.1) is 0 Å². The number of rotatable bonds is 4. The van der Waals surface area contributed by atoms with Gasteiger partial charge in [-0.1, -0.05) is 121 Å². The minimum absolute atomic E-state index is 0.872. The Kier molecular flexibility index (Phi) is 5.96. The van der Waals surface area contributed by atoms with Gasteiger partial charge in [-0.2, -0.15) is 0 Å². The number of anilines is 3. The number of hydrogen-bond donors (Lipinski definition) is 0. The lowest BCUT2D eigenvalue weighted by molar-refractivity contribution is 0.669. The van der Waals surface area contributed by atoms with E-state index in [9.17, 15) is 0 Å². The van der Waals surface area contributed by atoms with E-state index >= 15 is 0 Å². The minimum atomic E-state index is 0.872. The van der Waals surface area contributed by atoms with Crippen molar-refractivity contribution >= 4 is 93.1 Å². The van der Waals surface area contributed by atoms with Crippen LogP contribution in [0.2, 0.25) is 0 Å². The van der Waals surface area contributed by atoms with Crippen LogP contribution >= 0.6 is 0 Å². The lowest BCUT2D eigenvalue weighted by Crippen LogP contribution is -2.11. The number of fused-ring (bicyclic) bond motifs is 11. The smallest absolute Gasteiger partial charge is 0.137 e. The molecule has 0 aliphatic carbocycles. The van der Waals surface area contributed by atoms with Gasteiger partial charge in [0.25, 0.3) is 0 Å². The van der Waals surface area contributed by atoms with Gasteiger partial charge in [0.15, 0.2) is 0 Å². The average molecular weight is 651 g/mol. The zero-order valence-electron chi connectivity index (χ0n) is 27.6. The second-order valence-corrected chi connectivity index (χ2v) is 13.3. The topological polar surface area (TPSA) is 21.3 Å². The summed E-state index contributed by atoms with van der Waals surface area (Å²) in [4.78, 5) is 2.45. The van der Waals surface area contributed by atoms with E-state index in [0.29, 0.717) is 0 Å². The molecule has 0 atom stereocenters. The van der Waals surface area contributed by atoms with E-state index < -0.39 is 0 Å². The fourth-order valence-corrected chi connectivity index (χ4v) is 8.35. The van der Waals surface area contributed by atoms with Crippen molar-refractivity contribution in [1.82, 2.24) is 4.57 Å². The average Bonchev–Trinajstić information content (AvgIpc) is 3.74. The fraction of sp³-hybridized carbons (Fsp3) is 0. The molecule has 9 aromatic carbocycles. The maximum atomic E-state index is 6.47. The number of hydrogen-bond acceptors (Lipinski definition) is 2. The molecular formula is C48H30N2O. The Labute approximate surface area is 293 Å². The normalized spacial score (nSPS) is 11.9. The molecule has 0 bridgehead atoms. The largest absolute Gasteiger partial charge is 0.456 e. The summed E-state index contributed by atoms with van der Waals surface area (Å²) in [7, 11) is 0. The Morgan fingerprint density at radius 2 is 1.04 bits per heavy atom. The highest BCUT2D eigenvalue weighted by Gasteiger charge is 2.23. The van der Waals surface area contributed by atoms with Crippen LogP contribution in [-0.2, 0) is 0 Å². The van der Waals surface area contributed by atoms with Crippen LogP contribution in [0.5, 0.6) is 0 Å². The summed E-state index contributed by atoms with van der Waals surface area (Å²) in [5.41, 5.74) is 8.55. The van der Waals surface area contributed by atoms with Crippen molar-refractivity contribution in [3.05, 3.63) is 182 Å². The van der Waals surface area contributed by atoms with E-state index in [4.69, 9.17) is 4.42 Å². The van der Waals surface area contributed by atoms with Gasteiger partial charge in [-0.25, -0.2) is 0 Å². The summed E-state index contributed by atoms with van der Waals surface area (Å²) in [5.74, 6) is 0. The molecule has 0 N–H and O–H groups in total. The Balaban J connectivity index is 1.27. The van der Waals surface area contributed by atoms with Crippen molar-refractivity contribution in [2.75, 3.05) is 4.90 Å². The van der Waals surface area contributed by atoms with Gasteiger partial charge in [0.1, 0.15) is 11.2 Å². The van der Waals surface area contributed by atoms with Gasteiger partial charge in [0.05, 0.1) is 27.8 Å². The van der Waals surface area contributed by atoms with E-state index in [1.807, 2.05) is 6.07 Å². The van der Waals surface area contributed by atoms with Crippen molar-refractivity contribution in [3.8, 4) is 5.69 Å². The summed E-state index contributed by atoms with van der Waals surface area (Å²) in [6.07, 6.45) is 0. The molecule has 11 aromatic rings. The zero-order valence-corrected chi connectivity index (χ0v) is 27.6. The van der Waals surface area contributed by atoms with Crippen LogP contribution in [0, 0.1) is 0 Å². The van der Waals surface area contributed by atoms with Crippen molar-refractivity contribution < 1.29 is 4.42 Å². The van der Waals surface area contributed by atoms with Gasteiger partial charge in [-0.3, -0.25) is 0 Å². The molecule has 0 unspecified atom stereocenters. The van der Waals surface area contributed by atoms with Gasteiger partial charge < -0.3 is 13.9 Å². The van der Waals surface area contributed by atoms with Crippen LogP contribution < -0.4 is 4.90 Å². The minimum Gasteiger partial charge on any atom is -0.456 e. The van der Waals surface area contributed by atoms with Crippen LogP contribution in [-0.4, -0.2) is 4.57 Å². The lowest BCUT2D eigenvalue weighted by atomic mass is 9.94. The van der Waals surface area contributed by atoms with Crippen molar-refractivity contribution in [1.29, 1.82) is 0 Å². The molecule has 0 radical (unpaired) electrons. The molecule has 0 aliphatic rings. The standard InChI is InChI=1S/C48H30N2O/c1-2-14-33(15-3-1)49-41-21-10-8-18-37(41)40-30-34(27-28-42(40)49)50(43-22-12-24-46-48(43)39-20-9-11-23-45(39)51-46)44-29-32-26-25-31-13-4-5-16-35(31)47(32)38-19-7-6-17-36(38)44/h1-30H. The highest BCUT2D eigenvalue weighted by molar-refractivity contribution is 6.25. The molecule has 3 nitrogen and oxygen atoms in total. The summed E-state index contributed by atoms with van der Waals surface area (Å²) in [5, 5.41) is 12.1. The Morgan fingerprint density at radius 3 is 1.92 bits per heavy atom. The molecule has 0 amide bonds. The molecule has 0 aliphatic heterocycles. The first kappa shape index (κ1) is 28.0. The second-order valence-electron chi connectivity index (χ2n) is 13.3. The predicted octanol–water partition coefficient (Wildman–Crippen LogP) is 13.6. The number of nitrogens with zero attached hydrogens (tertiary/aromatic N) is 2. The van der Waals surface area contributed by atoms with E-state index in [2.05, 4.69) is 185 Å². The molecule has 0 saturated carbocycles. The van der Waals surface area contributed by atoms with Crippen molar-refractivity contribution in [2.24, 2.45) is 0 Å². The zero-order chi connectivity index (χ0) is 33.5. The summed E-state index contributed by atoms with van der Waals surface area (Å²) in [6, 6.07) is 65.6. The molecule has 0 saturated heterocycles. The van der Waals surface area contributed by atoms with Gasteiger partial charge in [0, 0.05) is 32.9 Å². The maximum Gasteiger partial charge on any atom is 0.137 e. The molecular weight excluding hydrogens is 621 g/mol. The summed E-state index contributed by atoms with van der Waals surface area (Å²) < 4.78 is 8.85. The third-order valence-corrected chi connectivity index (χ3v) is 10.5. The Bertz CT molecular complexity index is 3150. The van der Waals surface area contributed by atoms with Gasteiger partial charge in [0.2, 0.25) is 0 Å². The molecule has 2 heterocycles. The maximum absolute atomic E-state index is 6.47.